The average molecular weight is 367 g/mol. The maximum atomic E-state index is 13.2. The van der Waals surface area contributed by atoms with Crippen molar-refractivity contribution < 1.29 is 14.3 Å². The van der Waals surface area contributed by atoms with E-state index in [0.29, 0.717) is 43.6 Å². The second-order valence-corrected chi connectivity index (χ2v) is 7.11. The molecule has 27 heavy (non-hydrogen) atoms. The van der Waals surface area contributed by atoms with Gasteiger partial charge in [-0.25, -0.2) is 4.98 Å². The SMILES string of the molecule is NCCOc1cccnc1C(=O)N1C[C@@H](c2ccccc2)O[C@@H](C2CC2)C1. The molecule has 0 unspecified atom stereocenters. The first-order chi connectivity index (χ1) is 13.3. The molecule has 1 aromatic carbocycles. The van der Waals surface area contributed by atoms with Crippen LogP contribution in [0.3, 0.4) is 0 Å². The van der Waals surface area contributed by atoms with Crippen molar-refractivity contribution in [2.75, 3.05) is 26.2 Å². The standard InChI is InChI=1S/C21H25N3O3/c22-10-12-26-17-7-4-11-23-20(17)21(25)24-13-18(15-5-2-1-3-6-15)27-19(14-24)16-8-9-16/h1-7,11,16,18-19H,8-10,12-14,22H2/t18-,19+/m0/s1. The molecule has 6 nitrogen and oxygen atoms in total. The fraction of sp³-hybridized carbons (Fsp3) is 0.429. The molecule has 1 aromatic heterocycles. The van der Waals surface area contributed by atoms with Gasteiger partial charge < -0.3 is 20.1 Å². The highest BCUT2D eigenvalue weighted by Crippen LogP contribution is 2.39. The summed E-state index contributed by atoms with van der Waals surface area (Å²) in [6.45, 7) is 1.85. The Kier molecular flexibility index (Phi) is 5.36. The molecule has 142 valence electrons. The molecule has 2 aliphatic rings. The number of aromatic nitrogens is 1. The average Bonchev–Trinajstić information content (AvgIpc) is 3.58. The molecule has 2 aromatic rings. The Morgan fingerprint density at radius 3 is 2.74 bits per heavy atom. The van der Waals surface area contributed by atoms with Crippen LogP contribution in [0.1, 0.15) is 35.0 Å². The molecule has 2 fully saturated rings. The number of carbonyl (C=O) groups is 1. The van der Waals surface area contributed by atoms with E-state index in [9.17, 15) is 4.79 Å². The van der Waals surface area contributed by atoms with Gasteiger partial charge in [-0.2, -0.15) is 0 Å². The summed E-state index contributed by atoms with van der Waals surface area (Å²) in [6, 6.07) is 13.6. The predicted octanol–water partition coefficient (Wildman–Crippen LogP) is 2.41. The Morgan fingerprint density at radius 2 is 2.00 bits per heavy atom. The third kappa shape index (κ3) is 4.12. The van der Waals surface area contributed by atoms with Crippen LogP contribution < -0.4 is 10.5 Å². The van der Waals surface area contributed by atoms with Crippen LogP contribution in [-0.4, -0.2) is 48.1 Å². The largest absolute Gasteiger partial charge is 0.490 e. The highest BCUT2D eigenvalue weighted by atomic mass is 16.5. The smallest absolute Gasteiger partial charge is 0.276 e. The molecule has 1 amide bonds. The monoisotopic (exact) mass is 367 g/mol. The van der Waals surface area contributed by atoms with E-state index in [1.807, 2.05) is 23.1 Å². The summed E-state index contributed by atoms with van der Waals surface area (Å²) >= 11 is 0. The number of benzene rings is 1. The quantitative estimate of drug-likeness (QED) is 0.848. The number of hydrogen-bond acceptors (Lipinski definition) is 5. The summed E-state index contributed by atoms with van der Waals surface area (Å²) in [6.07, 6.45) is 3.91. The second kappa shape index (κ2) is 8.06. The van der Waals surface area contributed by atoms with Gasteiger partial charge in [0, 0.05) is 19.3 Å². The number of morpholine rings is 1. The molecule has 2 atom stereocenters. The fourth-order valence-electron chi connectivity index (χ4n) is 3.52. The minimum absolute atomic E-state index is 0.0741. The summed E-state index contributed by atoms with van der Waals surface area (Å²) < 4.78 is 12.0. The fourth-order valence-corrected chi connectivity index (χ4v) is 3.52. The topological polar surface area (TPSA) is 77.7 Å². The number of nitrogens with zero attached hydrogens (tertiary/aromatic N) is 2. The van der Waals surface area contributed by atoms with E-state index in [-0.39, 0.29) is 18.1 Å². The summed E-state index contributed by atoms with van der Waals surface area (Å²) in [7, 11) is 0. The van der Waals surface area contributed by atoms with E-state index in [2.05, 4.69) is 17.1 Å². The molecule has 4 rings (SSSR count). The summed E-state index contributed by atoms with van der Waals surface area (Å²) in [4.78, 5) is 19.4. The Hall–Kier alpha value is -2.44. The van der Waals surface area contributed by atoms with Gasteiger partial charge in [-0.05, 0) is 36.5 Å². The molecule has 0 spiro atoms. The van der Waals surface area contributed by atoms with Crippen LogP contribution in [0.4, 0.5) is 0 Å². The number of ether oxygens (including phenoxy) is 2. The zero-order valence-corrected chi connectivity index (χ0v) is 15.3. The zero-order chi connectivity index (χ0) is 18.6. The molecule has 6 heteroatoms. The number of nitrogens with two attached hydrogens (primary N) is 1. The highest BCUT2D eigenvalue weighted by Gasteiger charge is 2.40. The van der Waals surface area contributed by atoms with Crippen molar-refractivity contribution >= 4 is 5.91 Å². The molecule has 1 aliphatic carbocycles. The Bertz CT molecular complexity index is 779. The molecule has 1 saturated heterocycles. The van der Waals surface area contributed by atoms with Crippen molar-refractivity contribution in [1.82, 2.24) is 9.88 Å². The van der Waals surface area contributed by atoms with E-state index in [4.69, 9.17) is 15.2 Å². The van der Waals surface area contributed by atoms with Crippen molar-refractivity contribution in [3.63, 3.8) is 0 Å². The van der Waals surface area contributed by atoms with E-state index in [1.165, 1.54) is 12.8 Å². The van der Waals surface area contributed by atoms with Gasteiger partial charge in [-0.3, -0.25) is 4.79 Å². The van der Waals surface area contributed by atoms with Crippen LogP contribution in [0.15, 0.2) is 48.7 Å². The molecular weight excluding hydrogens is 342 g/mol. The Morgan fingerprint density at radius 1 is 1.19 bits per heavy atom. The van der Waals surface area contributed by atoms with Crippen LogP contribution in [-0.2, 0) is 4.74 Å². The van der Waals surface area contributed by atoms with Crippen molar-refractivity contribution in [2.24, 2.45) is 11.7 Å². The number of carbonyl (C=O) groups excluding carboxylic acids is 1. The first-order valence-electron chi connectivity index (χ1n) is 9.54. The number of hydrogen-bond donors (Lipinski definition) is 1. The molecule has 0 bridgehead atoms. The summed E-state index contributed by atoms with van der Waals surface area (Å²) in [5, 5.41) is 0. The minimum Gasteiger partial charge on any atom is -0.490 e. The molecule has 1 saturated carbocycles. The maximum Gasteiger partial charge on any atom is 0.276 e. The zero-order valence-electron chi connectivity index (χ0n) is 15.3. The van der Waals surface area contributed by atoms with Crippen molar-refractivity contribution in [3.05, 3.63) is 59.9 Å². The molecule has 0 radical (unpaired) electrons. The van der Waals surface area contributed by atoms with Gasteiger partial charge in [-0.15, -0.1) is 0 Å². The van der Waals surface area contributed by atoms with Crippen LogP contribution in [0.2, 0.25) is 0 Å². The lowest BCUT2D eigenvalue weighted by Crippen LogP contribution is -2.48. The third-order valence-electron chi connectivity index (χ3n) is 5.08. The Labute approximate surface area is 159 Å². The highest BCUT2D eigenvalue weighted by molar-refractivity contribution is 5.95. The van der Waals surface area contributed by atoms with Gasteiger partial charge >= 0.3 is 0 Å². The lowest BCUT2D eigenvalue weighted by Gasteiger charge is -2.38. The van der Waals surface area contributed by atoms with E-state index in [1.54, 1.807) is 18.3 Å². The van der Waals surface area contributed by atoms with Gasteiger partial charge in [0.25, 0.3) is 5.91 Å². The van der Waals surface area contributed by atoms with Gasteiger partial charge in [0.1, 0.15) is 12.7 Å². The normalized spacial score (nSPS) is 22.5. The third-order valence-corrected chi connectivity index (χ3v) is 5.08. The van der Waals surface area contributed by atoms with E-state index < -0.39 is 0 Å². The molecule has 1 aliphatic heterocycles. The summed E-state index contributed by atoms with van der Waals surface area (Å²) in [5.74, 6) is 0.916. The maximum absolute atomic E-state index is 13.2. The Balaban J connectivity index is 1.57. The van der Waals surface area contributed by atoms with Gasteiger partial charge in [0.05, 0.1) is 12.6 Å². The van der Waals surface area contributed by atoms with Gasteiger partial charge in [-0.1, -0.05) is 30.3 Å². The van der Waals surface area contributed by atoms with Crippen molar-refractivity contribution in [1.29, 1.82) is 0 Å². The lowest BCUT2D eigenvalue weighted by atomic mass is 10.0. The predicted molar refractivity (Wildman–Crippen MR) is 101 cm³/mol. The van der Waals surface area contributed by atoms with Crippen molar-refractivity contribution in [2.45, 2.75) is 25.0 Å². The van der Waals surface area contributed by atoms with Gasteiger partial charge in [0.2, 0.25) is 0 Å². The van der Waals surface area contributed by atoms with E-state index >= 15 is 0 Å². The second-order valence-electron chi connectivity index (χ2n) is 7.11. The van der Waals surface area contributed by atoms with E-state index in [0.717, 1.165) is 5.56 Å². The molecule has 2 N–H and O–H groups in total. The van der Waals surface area contributed by atoms with Crippen molar-refractivity contribution in [3.8, 4) is 5.75 Å². The molecule has 2 heterocycles. The molecular formula is C21H25N3O3. The van der Waals surface area contributed by atoms with Crippen LogP contribution >= 0.6 is 0 Å². The van der Waals surface area contributed by atoms with Crippen LogP contribution in [0, 0.1) is 5.92 Å². The number of pyridine rings is 1. The number of amides is 1. The first kappa shape index (κ1) is 17.9. The summed E-state index contributed by atoms with van der Waals surface area (Å²) in [5.41, 5.74) is 6.97. The first-order valence-corrected chi connectivity index (χ1v) is 9.54. The minimum atomic E-state index is -0.119. The van der Waals surface area contributed by atoms with Gasteiger partial charge in [0.15, 0.2) is 11.4 Å². The lowest BCUT2D eigenvalue weighted by molar-refractivity contribution is -0.0865. The van der Waals surface area contributed by atoms with Crippen LogP contribution in [0.25, 0.3) is 0 Å². The number of rotatable bonds is 6. The van der Waals surface area contributed by atoms with Crippen LogP contribution in [0.5, 0.6) is 5.75 Å².